The van der Waals surface area contributed by atoms with Gasteiger partial charge in [-0.05, 0) is 113 Å². The molecule has 2 unspecified atom stereocenters. The summed E-state index contributed by atoms with van der Waals surface area (Å²) in [4.78, 5) is 2.52. The van der Waals surface area contributed by atoms with Crippen molar-refractivity contribution in [3.63, 3.8) is 0 Å². The van der Waals surface area contributed by atoms with Gasteiger partial charge in [0, 0.05) is 34.7 Å². The van der Waals surface area contributed by atoms with Gasteiger partial charge in [0.25, 0.3) is 0 Å². The molecule has 2 aliphatic heterocycles. The van der Waals surface area contributed by atoms with Crippen LogP contribution in [0.4, 0.5) is 0 Å². The molecular formula is C28H40N2O2S. The Morgan fingerprint density at radius 3 is 1.42 bits per heavy atom. The molecule has 2 N–H and O–H groups in total. The van der Waals surface area contributed by atoms with Crippen molar-refractivity contribution in [3.05, 3.63) is 46.5 Å². The maximum atomic E-state index is 6.27. The van der Waals surface area contributed by atoms with E-state index in [4.69, 9.17) is 9.47 Å². The molecule has 0 amide bonds. The number of piperidine rings is 2. The van der Waals surface area contributed by atoms with Crippen LogP contribution in [0.5, 0.6) is 11.5 Å². The summed E-state index contributed by atoms with van der Waals surface area (Å²) in [6.07, 6.45) is 5.02. The van der Waals surface area contributed by atoms with E-state index in [9.17, 15) is 0 Å². The molecular weight excluding hydrogens is 428 g/mol. The van der Waals surface area contributed by atoms with E-state index in [1.807, 2.05) is 11.8 Å². The van der Waals surface area contributed by atoms with Crippen molar-refractivity contribution in [2.24, 2.45) is 11.8 Å². The average Bonchev–Trinajstić information content (AvgIpc) is 2.79. The Morgan fingerprint density at radius 1 is 0.697 bits per heavy atom. The number of nitrogens with one attached hydrogen (secondary N) is 2. The Labute approximate surface area is 204 Å². The Balaban J connectivity index is 1.39. The van der Waals surface area contributed by atoms with Gasteiger partial charge >= 0.3 is 0 Å². The third-order valence-corrected chi connectivity index (χ3v) is 7.77. The Hall–Kier alpha value is -1.69. The lowest BCUT2D eigenvalue weighted by molar-refractivity contribution is 0.216. The Morgan fingerprint density at radius 2 is 1.09 bits per heavy atom. The second-order valence-corrected chi connectivity index (χ2v) is 11.1. The Kier molecular flexibility index (Phi) is 8.61. The van der Waals surface area contributed by atoms with Crippen molar-refractivity contribution in [2.75, 3.05) is 39.4 Å². The quantitative estimate of drug-likeness (QED) is 0.510. The van der Waals surface area contributed by atoms with Crippen molar-refractivity contribution >= 4 is 11.8 Å². The molecule has 0 radical (unpaired) electrons. The van der Waals surface area contributed by atoms with Crippen LogP contribution in [-0.4, -0.2) is 39.4 Å². The molecule has 5 heteroatoms. The fourth-order valence-corrected chi connectivity index (χ4v) is 6.28. The first kappa shape index (κ1) is 24.4. The predicted molar refractivity (Wildman–Crippen MR) is 138 cm³/mol. The molecule has 33 heavy (non-hydrogen) atoms. The molecule has 2 aromatic rings. The molecule has 2 aliphatic rings. The van der Waals surface area contributed by atoms with Gasteiger partial charge in [0.05, 0.1) is 13.2 Å². The minimum absolute atomic E-state index is 0.618. The largest absolute Gasteiger partial charge is 0.493 e. The van der Waals surface area contributed by atoms with Crippen molar-refractivity contribution < 1.29 is 9.47 Å². The molecule has 2 aromatic carbocycles. The van der Waals surface area contributed by atoms with E-state index in [1.54, 1.807) is 0 Å². The summed E-state index contributed by atoms with van der Waals surface area (Å²) in [6.45, 7) is 14.7. The van der Waals surface area contributed by atoms with Gasteiger partial charge in [-0.3, -0.25) is 0 Å². The predicted octanol–water partition coefficient (Wildman–Crippen LogP) is 5.83. The van der Waals surface area contributed by atoms with Gasteiger partial charge in [-0.1, -0.05) is 11.8 Å². The maximum absolute atomic E-state index is 6.27. The fraction of sp³-hybridized carbons (Fsp3) is 0.571. The van der Waals surface area contributed by atoms with E-state index in [0.717, 1.165) is 50.9 Å². The van der Waals surface area contributed by atoms with E-state index in [0.29, 0.717) is 11.8 Å². The molecule has 2 saturated heterocycles. The van der Waals surface area contributed by atoms with Crippen LogP contribution in [0.1, 0.15) is 47.9 Å². The summed E-state index contributed by atoms with van der Waals surface area (Å²) >= 11 is 1.82. The lowest BCUT2D eigenvalue weighted by Crippen LogP contribution is -2.33. The van der Waals surface area contributed by atoms with Crippen LogP contribution in [0.15, 0.2) is 34.1 Å². The highest BCUT2D eigenvalue weighted by Crippen LogP contribution is 2.37. The molecule has 0 spiro atoms. The lowest BCUT2D eigenvalue weighted by atomic mass is 10.0. The van der Waals surface area contributed by atoms with Gasteiger partial charge in [-0.25, -0.2) is 0 Å². The highest BCUT2D eigenvalue weighted by molar-refractivity contribution is 7.99. The average molecular weight is 469 g/mol. The standard InChI is InChI=1S/C28H40N2O2S/c1-19-11-25(12-20(2)27(19)31-17-23-7-5-9-29-15-23)33-26-13-21(3)28(22(4)14-26)32-18-24-8-6-10-30-16-24/h11-14,23-24,29-30H,5-10,15-18H2,1-4H3. The highest BCUT2D eigenvalue weighted by Gasteiger charge is 2.17. The molecule has 0 aromatic heterocycles. The van der Waals surface area contributed by atoms with Crippen molar-refractivity contribution in [3.8, 4) is 11.5 Å². The first-order valence-corrected chi connectivity index (χ1v) is 13.4. The van der Waals surface area contributed by atoms with Crippen molar-refractivity contribution in [1.29, 1.82) is 0 Å². The lowest BCUT2D eigenvalue weighted by Gasteiger charge is -2.24. The maximum Gasteiger partial charge on any atom is 0.125 e. The van der Waals surface area contributed by atoms with Crippen molar-refractivity contribution in [1.82, 2.24) is 10.6 Å². The monoisotopic (exact) mass is 468 g/mol. The zero-order chi connectivity index (χ0) is 23.2. The van der Waals surface area contributed by atoms with Gasteiger partial charge in [0.2, 0.25) is 0 Å². The summed E-state index contributed by atoms with van der Waals surface area (Å²) in [5.41, 5.74) is 4.87. The van der Waals surface area contributed by atoms with Crippen LogP contribution in [-0.2, 0) is 0 Å². The molecule has 2 atom stereocenters. The number of benzene rings is 2. The number of ether oxygens (including phenoxy) is 2. The molecule has 0 bridgehead atoms. The summed E-state index contributed by atoms with van der Waals surface area (Å²) in [5, 5.41) is 6.96. The minimum Gasteiger partial charge on any atom is -0.493 e. The van der Waals surface area contributed by atoms with Crippen LogP contribution in [0.25, 0.3) is 0 Å². The summed E-state index contributed by atoms with van der Waals surface area (Å²) in [7, 11) is 0. The van der Waals surface area contributed by atoms with E-state index in [-0.39, 0.29) is 0 Å². The Bertz CT molecular complexity index is 812. The van der Waals surface area contributed by atoms with Crippen LogP contribution >= 0.6 is 11.8 Å². The van der Waals surface area contributed by atoms with Crippen LogP contribution in [0, 0.1) is 39.5 Å². The van der Waals surface area contributed by atoms with Crippen LogP contribution in [0.3, 0.4) is 0 Å². The highest BCUT2D eigenvalue weighted by atomic mass is 32.2. The third kappa shape index (κ3) is 6.68. The van der Waals surface area contributed by atoms with Gasteiger partial charge in [-0.15, -0.1) is 0 Å². The van der Waals surface area contributed by atoms with Crippen LogP contribution < -0.4 is 20.1 Å². The van der Waals surface area contributed by atoms with E-state index in [2.05, 4.69) is 62.6 Å². The van der Waals surface area contributed by atoms with Crippen LogP contribution in [0.2, 0.25) is 0 Å². The second kappa shape index (κ2) is 11.6. The van der Waals surface area contributed by atoms with Gasteiger partial charge < -0.3 is 20.1 Å². The number of rotatable bonds is 8. The fourth-order valence-electron chi connectivity index (χ4n) is 5.07. The first-order valence-electron chi connectivity index (χ1n) is 12.6. The zero-order valence-electron chi connectivity index (χ0n) is 20.8. The molecule has 0 aliphatic carbocycles. The van der Waals surface area contributed by atoms with E-state index in [1.165, 1.54) is 57.7 Å². The first-order chi connectivity index (χ1) is 16.0. The zero-order valence-corrected chi connectivity index (χ0v) is 21.6. The molecule has 4 nitrogen and oxygen atoms in total. The normalized spacial score (nSPS) is 21.1. The number of aryl methyl sites for hydroxylation is 4. The molecule has 180 valence electrons. The molecule has 2 heterocycles. The minimum atomic E-state index is 0.618. The smallest absolute Gasteiger partial charge is 0.125 e. The molecule has 0 saturated carbocycles. The SMILES string of the molecule is Cc1cc(Sc2cc(C)c(OCC3CCCNC3)c(C)c2)cc(C)c1OCC1CCCNC1. The summed E-state index contributed by atoms with van der Waals surface area (Å²) in [6, 6.07) is 9.04. The topological polar surface area (TPSA) is 42.5 Å². The van der Waals surface area contributed by atoms with Crippen molar-refractivity contribution in [2.45, 2.75) is 63.2 Å². The van der Waals surface area contributed by atoms with Gasteiger partial charge in [0.1, 0.15) is 11.5 Å². The summed E-state index contributed by atoms with van der Waals surface area (Å²) in [5.74, 6) is 3.34. The second-order valence-electron chi connectivity index (χ2n) is 9.92. The molecule has 2 fully saturated rings. The number of hydrogen-bond donors (Lipinski definition) is 2. The third-order valence-electron chi connectivity index (χ3n) is 6.83. The van der Waals surface area contributed by atoms with E-state index >= 15 is 0 Å². The molecule has 4 rings (SSSR count). The van der Waals surface area contributed by atoms with E-state index < -0.39 is 0 Å². The summed E-state index contributed by atoms with van der Waals surface area (Å²) < 4.78 is 12.5. The number of hydrogen-bond acceptors (Lipinski definition) is 5. The van der Waals surface area contributed by atoms with Gasteiger partial charge in [0.15, 0.2) is 0 Å². The van der Waals surface area contributed by atoms with Gasteiger partial charge in [-0.2, -0.15) is 0 Å².